The molecule has 0 fully saturated rings. The quantitative estimate of drug-likeness (QED) is 0.834. The number of nitrogens with two attached hydrogens (primary N) is 1. The molecule has 0 amide bonds. The minimum absolute atomic E-state index is 0.152. The predicted octanol–water partition coefficient (Wildman–Crippen LogP) is 3.36. The molecule has 0 radical (unpaired) electrons. The van der Waals surface area contributed by atoms with Crippen LogP contribution in [0.1, 0.15) is 43.0 Å². The van der Waals surface area contributed by atoms with E-state index in [0.29, 0.717) is 5.69 Å². The lowest BCUT2D eigenvalue weighted by Gasteiger charge is -2.39. The molecule has 2 aromatic rings. The van der Waals surface area contributed by atoms with E-state index in [2.05, 4.69) is 43.3 Å². The van der Waals surface area contributed by atoms with E-state index in [-0.39, 0.29) is 11.3 Å². The van der Waals surface area contributed by atoms with Crippen LogP contribution in [-0.4, -0.2) is 5.16 Å². The lowest BCUT2D eigenvalue weighted by Crippen LogP contribution is -2.29. The van der Waals surface area contributed by atoms with Gasteiger partial charge >= 0.3 is 0 Å². The Kier molecular flexibility index (Phi) is 2.44. The Bertz CT molecular complexity index is 571. The zero-order chi connectivity index (χ0) is 12.8. The van der Waals surface area contributed by atoms with E-state index in [4.69, 9.17) is 10.3 Å². The largest absolute Gasteiger partial charge is 0.395 e. The molecule has 3 nitrogen and oxygen atoms in total. The van der Waals surface area contributed by atoms with E-state index in [1.54, 1.807) is 0 Å². The van der Waals surface area contributed by atoms with Gasteiger partial charge in [0.2, 0.25) is 0 Å². The SMILES string of the molecule is CC1(C)CCc2ccccc2C1c1nocc1N. The first-order chi connectivity index (χ1) is 8.59. The number of hydrogen-bond acceptors (Lipinski definition) is 3. The number of benzene rings is 1. The third-order valence-electron chi connectivity index (χ3n) is 4.09. The highest BCUT2D eigenvalue weighted by atomic mass is 16.5. The maximum absolute atomic E-state index is 5.99. The maximum atomic E-state index is 5.99. The van der Waals surface area contributed by atoms with Gasteiger partial charge in [-0.15, -0.1) is 0 Å². The number of fused-ring (bicyclic) bond motifs is 1. The highest BCUT2D eigenvalue weighted by molar-refractivity contribution is 5.49. The number of nitrogen functional groups attached to an aromatic ring is 1. The second-order valence-corrected chi connectivity index (χ2v) is 5.78. The average Bonchev–Trinajstić information content (AvgIpc) is 2.74. The molecule has 1 aliphatic rings. The summed E-state index contributed by atoms with van der Waals surface area (Å²) < 4.78 is 5.03. The van der Waals surface area contributed by atoms with Crippen molar-refractivity contribution in [3.8, 4) is 0 Å². The van der Waals surface area contributed by atoms with E-state index >= 15 is 0 Å². The molecule has 94 valence electrons. The zero-order valence-electron chi connectivity index (χ0n) is 10.8. The van der Waals surface area contributed by atoms with Gasteiger partial charge in [0.25, 0.3) is 0 Å². The van der Waals surface area contributed by atoms with Crippen molar-refractivity contribution in [2.75, 3.05) is 5.73 Å². The summed E-state index contributed by atoms with van der Waals surface area (Å²) in [4.78, 5) is 0. The number of aromatic nitrogens is 1. The molecule has 2 N–H and O–H groups in total. The van der Waals surface area contributed by atoms with Crippen LogP contribution in [0.4, 0.5) is 5.69 Å². The van der Waals surface area contributed by atoms with Crippen LogP contribution in [0, 0.1) is 5.41 Å². The summed E-state index contributed by atoms with van der Waals surface area (Å²) >= 11 is 0. The van der Waals surface area contributed by atoms with Gasteiger partial charge in [-0.3, -0.25) is 0 Å². The fourth-order valence-corrected chi connectivity index (χ4v) is 3.06. The average molecular weight is 242 g/mol. The second-order valence-electron chi connectivity index (χ2n) is 5.78. The molecule has 0 bridgehead atoms. The van der Waals surface area contributed by atoms with Crippen LogP contribution in [-0.2, 0) is 6.42 Å². The highest BCUT2D eigenvalue weighted by Crippen LogP contribution is 2.49. The van der Waals surface area contributed by atoms with Gasteiger partial charge in [-0.05, 0) is 29.4 Å². The van der Waals surface area contributed by atoms with Crippen molar-refractivity contribution in [2.24, 2.45) is 5.41 Å². The summed E-state index contributed by atoms with van der Waals surface area (Å²) in [5.74, 6) is 0.223. The van der Waals surface area contributed by atoms with Gasteiger partial charge in [-0.2, -0.15) is 0 Å². The van der Waals surface area contributed by atoms with E-state index in [1.165, 1.54) is 17.4 Å². The molecule has 1 aromatic heterocycles. The van der Waals surface area contributed by atoms with E-state index in [9.17, 15) is 0 Å². The van der Waals surface area contributed by atoms with Crippen LogP contribution in [0.25, 0.3) is 0 Å². The molecule has 1 unspecified atom stereocenters. The molecule has 1 heterocycles. The van der Waals surface area contributed by atoms with Crippen LogP contribution in [0.15, 0.2) is 35.1 Å². The van der Waals surface area contributed by atoms with Crippen LogP contribution in [0.2, 0.25) is 0 Å². The van der Waals surface area contributed by atoms with Gasteiger partial charge in [0.05, 0.1) is 5.69 Å². The Morgan fingerprint density at radius 2 is 2.11 bits per heavy atom. The van der Waals surface area contributed by atoms with E-state index in [0.717, 1.165) is 18.5 Å². The Balaban J connectivity index is 2.19. The van der Waals surface area contributed by atoms with Crippen molar-refractivity contribution in [2.45, 2.75) is 32.6 Å². The number of aryl methyl sites for hydroxylation is 1. The molecule has 3 heteroatoms. The normalized spacial score (nSPS) is 21.6. The third kappa shape index (κ3) is 1.62. The van der Waals surface area contributed by atoms with Crippen molar-refractivity contribution in [1.82, 2.24) is 5.16 Å². The summed E-state index contributed by atoms with van der Waals surface area (Å²) in [6.45, 7) is 4.56. The molecule has 18 heavy (non-hydrogen) atoms. The fourth-order valence-electron chi connectivity index (χ4n) is 3.06. The molecule has 0 spiro atoms. The van der Waals surface area contributed by atoms with Gasteiger partial charge in [-0.25, -0.2) is 0 Å². The Hall–Kier alpha value is -1.77. The number of anilines is 1. The van der Waals surface area contributed by atoms with Crippen molar-refractivity contribution in [3.05, 3.63) is 47.3 Å². The van der Waals surface area contributed by atoms with Crippen molar-refractivity contribution < 1.29 is 4.52 Å². The monoisotopic (exact) mass is 242 g/mol. The summed E-state index contributed by atoms with van der Waals surface area (Å²) in [7, 11) is 0. The van der Waals surface area contributed by atoms with Gasteiger partial charge < -0.3 is 10.3 Å². The maximum Gasteiger partial charge on any atom is 0.147 e. The molecule has 0 aliphatic heterocycles. The molecule has 0 saturated heterocycles. The number of hydrogen-bond donors (Lipinski definition) is 1. The molecule has 1 aliphatic carbocycles. The third-order valence-corrected chi connectivity index (χ3v) is 4.09. The number of nitrogens with zero attached hydrogens (tertiary/aromatic N) is 1. The molecule has 0 saturated carbocycles. The minimum Gasteiger partial charge on any atom is -0.395 e. The van der Waals surface area contributed by atoms with E-state index < -0.39 is 0 Å². The zero-order valence-corrected chi connectivity index (χ0v) is 10.8. The first-order valence-electron chi connectivity index (χ1n) is 6.37. The molecule has 1 aromatic carbocycles. The van der Waals surface area contributed by atoms with Crippen molar-refractivity contribution in [1.29, 1.82) is 0 Å². The fraction of sp³-hybridized carbons (Fsp3) is 0.400. The van der Waals surface area contributed by atoms with E-state index in [1.807, 2.05) is 0 Å². The molecule has 3 rings (SSSR count). The summed E-state index contributed by atoms with van der Waals surface area (Å²) in [6.07, 6.45) is 3.79. The predicted molar refractivity (Wildman–Crippen MR) is 71.3 cm³/mol. The summed E-state index contributed by atoms with van der Waals surface area (Å²) in [5, 5.41) is 4.13. The molecule has 1 atom stereocenters. The van der Waals surface area contributed by atoms with Gasteiger partial charge in [-0.1, -0.05) is 43.3 Å². The molecular weight excluding hydrogens is 224 g/mol. The topological polar surface area (TPSA) is 52.0 Å². The first kappa shape index (κ1) is 11.3. The first-order valence-corrected chi connectivity index (χ1v) is 6.37. The van der Waals surface area contributed by atoms with Crippen LogP contribution < -0.4 is 5.73 Å². The number of rotatable bonds is 1. The summed E-state index contributed by atoms with van der Waals surface area (Å²) in [6, 6.07) is 8.58. The van der Waals surface area contributed by atoms with Crippen LogP contribution in [0.3, 0.4) is 0 Å². The lowest BCUT2D eigenvalue weighted by molar-refractivity contribution is 0.263. The van der Waals surface area contributed by atoms with Crippen LogP contribution in [0.5, 0.6) is 0 Å². The Morgan fingerprint density at radius 1 is 1.33 bits per heavy atom. The minimum atomic E-state index is 0.152. The van der Waals surface area contributed by atoms with Crippen molar-refractivity contribution in [3.63, 3.8) is 0 Å². The highest BCUT2D eigenvalue weighted by Gasteiger charge is 2.39. The van der Waals surface area contributed by atoms with Crippen molar-refractivity contribution >= 4 is 5.69 Å². The van der Waals surface area contributed by atoms with Gasteiger partial charge in [0, 0.05) is 5.92 Å². The standard InChI is InChI=1S/C15H18N2O/c1-15(2)8-7-10-5-3-4-6-11(10)13(15)14-12(16)9-18-17-14/h3-6,9,13H,7-8,16H2,1-2H3. The van der Waals surface area contributed by atoms with Gasteiger partial charge in [0.15, 0.2) is 0 Å². The lowest BCUT2D eigenvalue weighted by atomic mass is 9.65. The van der Waals surface area contributed by atoms with Crippen LogP contribution >= 0.6 is 0 Å². The van der Waals surface area contributed by atoms with Gasteiger partial charge in [0.1, 0.15) is 12.0 Å². The Morgan fingerprint density at radius 3 is 2.83 bits per heavy atom. The summed E-state index contributed by atoms with van der Waals surface area (Å²) in [5.41, 5.74) is 10.4. The molecular formula is C15H18N2O. The Labute approximate surface area is 107 Å². The smallest absolute Gasteiger partial charge is 0.147 e. The second kappa shape index (κ2) is 3.87.